The SMILES string of the molecule is CCCCNCC(O)c1ccccc1. The van der Waals surface area contributed by atoms with Gasteiger partial charge in [0.25, 0.3) is 0 Å². The Hall–Kier alpha value is -0.860. The summed E-state index contributed by atoms with van der Waals surface area (Å²) in [7, 11) is 0. The van der Waals surface area contributed by atoms with Crippen LogP contribution in [0.25, 0.3) is 0 Å². The van der Waals surface area contributed by atoms with Crippen molar-refractivity contribution in [1.29, 1.82) is 0 Å². The van der Waals surface area contributed by atoms with Gasteiger partial charge in [0.05, 0.1) is 6.10 Å². The molecule has 0 radical (unpaired) electrons. The molecule has 0 aromatic heterocycles. The van der Waals surface area contributed by atoms with Crippen LogP contribution >= 0.6 is 0 Å². The molecule has 1 rings (SSSR count). The van der Waals surface area contributed by atoms with E-state index < -0.39 is 0 Å². The van der Waals surface area contributed by atoms with E-state index in [1.807, 2.05) is 30.3 Å². The van der Waals surface area contributed by atoms with E-state index in [1.165, 1.54) is 12.8 Å². The number of unbranched alkanes of at least 4 members (excludes halogenated alkanes) is 1. The first kappa shape index (κ1) is 11.2. The molecule has 2 heteroatoms. The van der Waals surface area contributed by atoms with Crippen molar-refractivity contribution in [2.24, 2.45) is 0 Å². The highest BCUT2D eigenvalue weighted by molar-refractivity contribution is 5.17. The van der Waals surface area contributed by atoms with Crippen LogP contribution in [0, 0.1) is 0 Å². The molecule has 2 nitrogen and oxygen atoms in total. The summed E-state index contributed by atoms with van der Waals surface area (Å²) in [5.41, 5.74) is 0.983. The molecular weight excluding hydrogens is 174 g/mol. The standard InChI is InChI=1S/C12H19NO/c1-2-3-9-13-10-12(14)11-7-5-4-6-8-11/h4-8,12-14H,2-3,9-10H2,1H3. The van der Waals surface area contributed by atoms with Crippen LogP contribution in [0.3, 0.4) is 0 Å². The molecule has 78 valence electrons. The van der Waals surface area contributed by atoms with Crippen LogP contribution in [0.1, 0.15) is 31.4 Å². The molecule has 0 aliphatic carbocycles. The van der Waals surface area contributed by atoms with Crippen molar-refractivity contribution in [3.8, 4) is 0 Å². The average Bonchev–Trinajstić information content (AvgIpc) is 2.25. The van der Waals surface area contributed by atoms with Crippen molar-refractivity contribution in [3.05, 3.63) is 35.9 Å². The fourth-order valence-electron chi connectivity index (χ4n) is 1.33. The second-order valence-electron chi connectivity index (χ2n) is 3.48. The summed E-state index contributed by atoms with van der Waals surface area (Å²) in [5, 5.41) is 13.0. The lowest BCUT2D eigenvalue weighted by atomic mass is 10.1. The number of hydrogen-bond donors (Lipinski definition) is 2. The quantitative estimate of drug-likeness (QED) is 0.678. The molecular formula is C12H19NO. The van der Waals surface area contributed by atoms with E-state index in [0.717, 1.165) is 12.1 Å². The zero-order valence-electron chi connectivity index (χ0n) is 8.74. The number of aliphatic hydroxyl groups excluding tert-OH is 1. The Kier molecular flexibility index (Phi) is 5.27. The summed E-state index contributed by atoms with van der Waals surface area (Å²) in [5.74, 6) is 0. The largest absolute Gasteiger partial charge is 0.387 e. The fourth-order valence-corrected chi connectivity index (χ4v) is 1.33. The van der Waals surface area contributed by atoms with Gasteiger partial charge in [-0.2, -0.15) is 0 Å². The summed E-state index contributed by atoms with van der Waals surface area (Å²) in [6.07, 6.45) is 1.98. The van der Waals surface area contributed by atoms with E-state index in [0.29, 0.717) is 6.54 Å². The second kappa shape index (κ2) is 6.57. The van der Waals surface area contributed by atoms with Gasteiger partial charge < -0.3 is 10.4 Å². The Morgan fingerprint density at radius 2 is 2.00 bits per heavy atom. The van der Waals surface area contributed by atoms with E-state index in [2.05, 4.69) is 12.2 Å². The van der Waals surface area contributed by atoms with Crippen molar-refractivity contribution in [2.45, 2.75) is 25.9 Å². The Morgan fingerprint density at radius 3 is 2.64 bits per heavy atom. The summed E-state index contributed by atoms with van der Waals surface area (Å²) in [6, 6.07) is 9.76. The number of aliphatic hydroxyl groups is 1. The first-order chi connectivity index (χ1) is 6.84. The minimum Gasteiger partial charge on any atom is -0.387 e. The second-order valence-corrected chi connectivity index (χ2v) is 3.48. The van der Waals surface area contributed by atoms with Crippen LogP contribution in [0.15, 0.2) is 30.3 Å². The summed E-state index contributed by atoms with van der Waals surface area (Å²) in [6.45, 7) is 3.79. The van der Waals surface area contributed by atoms with E-state index in [-0.39, 0.29) is 6.10 Å². The van der Waals surface area contributed by atoms with Crippen molar-refractivity contribution in [3.63, 3.8) is 0 Å². The Bertz CT molecular complexity index is 235. The summed E-state index contributed by atoms with van der Waals surface area (Å²) < 4.78 is 0. The third kappa shape index (κ3) is 3.90. The predicted molar refractivity (Wildman–Crippen MR) is 59.2 cm³/mol. The average molecular weight is 193 g/mol. The van der Waals surface area contributed by atoms with Crippen molar-refractivity contribution < 1.29 is 5.11 Å². The molecule has 0 heterocycles. The first-order valence-electron chi connectivity index (χ1n) is 5.28. The maximum Gasteiger partial charge on any atom is 0.0914 e. The minimum atomic E-state index is -0.381. The molecule has 0 fully saturated rings. The maximum absolute atomic E-state index is 9.76. The van der Waals surface area contributed by atoms with Gasteiger partial charge in [-0.05, 0) is 18.5 Å². The van der Waals surface area contributed by atoms with Gasteiger partial charge in [-0.3, -0.25) is 0 Å². The normalized spacial score (nSPS) is 12.7. The van der Waals surface area contributed by atoms with Crippen molar-refractivity contribution >= 4 is 0 Å². The zero-order chi connectivity index (χ0) is 10.2. The monoisotopic (exact) mass is 193 g/mol. The van der Waals surface area contributed by atoms with E-state index in [9.17, 15) is 5.11 Å². The Labute approximate surface area is 86.0 Å². The lowest BCUT2D eigenvalue weighted by Crippen LogP contribution is -2.22. The van der Waals surface area contributed by atoms with Crippen LogP contribution in [-0.4, -0.2) is 18.2 Å². The van der Waals surface area contributed by atoms with Crippen molar-refractivity contribution in [2.75, 3.05) is 13.1 Å². The lowest BCUT2D eigenvalue weighted by Gasteiger charge is -2.11. The van der Waals surface area contributed by atoms with Gasteiger partial charge in [-0.25, -0.2) is 0 Å². The topological polar surface area (TPSA) is 32.3 Å². The minimum absolute atomic E-state index is 0.381. The molecule has 0 spiro atoms. The van der Waals surface area contributed by atoms with Crippen LogP contribution in [0.5, 0.6) is 0 Å². The van der Waals surface area contributed by atoms with Gasteiger partial charge in [0.2, 0.25) is 0 Å². The third-order valence-electron chi connectivity index (χ3n) is 2.23. The third-order valence-corrected chi connectivity index (χ3v) is 2.23. The maximum atomic E-state index is 9.76. The number of rotatable bonds is 6. The first-order valence-corrected chi connectivity index (χ1v) is 5.28. The molecule has 1 aromatic carbocycles. The molecule has 0 amide bonds. The molecule has 14 heavy (non-hydrogen) atoms. The van der Waals surface area contributed by atoms with E-state index in [4.69, 9.17) is 0 Å². The lowest BCUT2D eigenvalue weighted by molar-refractivity contribution is 0.175. The van der Waals surface area contributed by atoms with Gasteiger partial charge in [0, 0.05) is 6.54 Å². The molecule has 0 bridgehead atoms. The summed E-state index contributed by atoms with van der Waals surface area (Å²) in [4.78, 5) is 0. The molecule has 2 N–H and O–H groups in total. The van der Waals surface area contributed by atoms with Crippen LogP contribution < -0.4 is 5.32 Å². The predicted octanol–water partition coefficient (Wildman–Crippen LogP) is 2.11. The molecule has 1 aromatic rings. The van der Waals surface area contributed by atoms with E-state index in [1.54, 1.807) is 0 Å². The van der Waals surface area contributed by atoms with Crippen LogP contribution in [0.2, 0.25) is 0 Å². The molecule has 1 unspecified atom stereocenters. The van der Waals surface area contributed by atoms with Crippen LogP contribution in [0.4, 0.5) is 0 Å². The number of nitrogens with one attached hydrogen (secondary N) is 1. The van der Waals surface area contributed by atoms with Gasteiger partial charge >= 0.3 is 0 Å². The number of hydrogen-bond acceptors (Lipinski definition) is 2. The number of benzene rings is 1. The van der Waals surface area contributed by atoms with Gasteiger partial charge in [-0.1, -0.05) is 43.7 Å². The highest BCUT2D eigenvalue weighted by Gasteiger charge is 2.04. The molecule has 0 saturated carbocycles. The molecule has 0 saturated heterocycles. The highest BCUT2D eigenvalue weighted by atomic mass is 16.3. The van der Waals surface area contributed by atoms with Gasteiger partial charge in [-0.15, -0.1) is 0 Å². The molecule has 0 aliphatic rings. The Morgan fingerprint density at radius 1 is 1.29 bits per heavy atom. The fraction of sp³-hybridized carbons (Fsp3) is 0.500. The van der Waals surface area contributed by atoms with E-state index >= 15 is 0 Å². The highest BCUT2D eigenvalue weighted by Crippen LogP contribution is 2.10. The smallest absolute Gasteiger partial charge is 0.0914 e. The van der Waals surface area contributed by atoms with Crippen LogP contribution in [-0.2, 0) is 0 Å². The van der Waals surface area contributed by atoms with Crippen molar-refractivity contribution in [1.82, 2.24) is 5.32 Å². The molecule has 1 atom stereocenters. The molecule has 0 aliphatic heterocycles. The van der Waals surface area contributed by atoms with Gasteiger partial charge in [0.15, 0.2) is 0 Å². The summed E-state index contributed by atoms with van der Waals surface area (Å²) >= 11 is 0. The van der Waals surface area contributed by atoms with Gasteiger partial charge in [0.1, 0.15) is 0 Å². The Balaban J connectivity index is 2.25. The zero-order valence-corrected chi connectivity index (χ0v) is 8.74.